The second-order valence-corrected chi connectivity index (χ2v) is 34.8. The summed E-state index contributed by atoms with van der Waals surface area (Å²) in [4.78, 5) is 0. The van der Waals surface area contributed by atoms with Gasteiger partial charge in [-0.25, -0.2) is 0 Å². The first-order chi connectivity index (χ1) is 38.5. The molecule has 506 valence electrons. The van der Waals surface area contributed by atoms with Gasteiger partial charge in [0, 0.05) is 0 Å². The number of hydrogen-bond donors (Lipinski definition) is 0. The van der Waals surface area contributed by atoms with Gasteiger partial charge in [0.2, 0.25) is 0 Å². The molecule has 0 bridgehead atoms. The first-order valence-corrected chi connectivity index (χ1v) is 37.5. The van der Waals surface area contributed by atoms with Crippen molar-refractivity contribution >= 4 is 0 Å². The van der Waals surface area contributed by atoms with E-state index < -0.39 is 0 Å². The fourth-order valence-corrected chi connectivity index (χ4v) is 13.3. The largest absolute Gasteiger partial charge is 0.0999 e. The molecule has 0 spiro atoms. The molecule has 0 aromatic rings. The van der Waals surface area contributed by atoms with E-state index in [1.165, 1.54) is 127 Å². The molecule has 4 fully saturated rings. The van der Waals surface area contributed by atoms with Gasteiger partial charge in [-0.15, -0.1) is 0 Å². The topological polar surface area (TPSA) is 0 Å². The molecule has 0 nitrogen and oxygen atoms in total. The van der Waals surface area contributed by atoms with Gasteiger partial charge >= 0.3 is 0 Å². The second kappa shape index (κ2) is 49.0. The highest BCUT2D eigenvalue weighted by Gasteiger charge is 2.47. The summed E-state index contributed by atoms with van der Waals surface area (Å²) >= 11 is 0. The average Bonchev–Trinajstić information content (AvgIpc) is 4.31. The van der Waals surface area contributed by atoms with Gasteiger partial charge in [-0.05, 0) is 252 Å². The summed E-state index contributed by atoms with van der Waals surface area (Å²) in [5.41, 5.74) is 4.99. The van der Waals surface area contributed by atoms with Crippen LogP contribution < -0.4 is 0 Å². The van der Waals surface area contributed by atoms with Crippen molar-refractivity contribution in [3.63, 3.8) is 0 Å². The van der Waals surface area contributed by atoms with Gasteiger partial charge in [-0.3, -0.25) is 0 Å². The summed E-state index contributed by atoms with van der Waals surface area (Å²) in [5, 5.41) is 0. The first-order valence-electron chi connectivity index (χ1n) is 37.5. The molecule has 0 aromatic heterocycles. The molecule has 4 aliphatic rings. The minimum Gasteiger partial charge on any atom is -0.0999 e. The fourth-order valence-electron chi connectivity index (χ4n) is 13.3. The Balaban J connectivity index is -0.000000435. The number of allylic oxidation sites excluding steroid dienone is 4. The lowest BCUT2D eigenvalue weighted by molar-refractivity contribution is 0.322. The maximum atomic E-state index is 4.00. The predicted molar refractivity (Wildman–Crippen MR) is 394 cm³/mol. The van der Waals surface area contributed by atoms with Crippen LogP contribution in [0, 0.1) is 147 Å². The smallest absolute Gasteiger partial charge is 0.0211 e. The van der Waals surface area contributed by atoms with Crippen LogP contribution in [0.15, 0.2) is 36.0 Å². The third-order valence-corrected chi connectivity index (χ3v) is 20.5. The zero-order valence-electron chi connectivity index (χ0n) is 65.6. The Bertz CT molecular complexity index is 1520. The second-order valence-electron chi connectivity index (χ2n) is 34.8. The van der Waals surface area contributed by atoms with Gasteiger partial charge in [0.15, 0.2) is 0 Å². The quantitative estimate of drug-likeness (QED) is 0.0629. The Morgan fingerprint density at radius 2 is 0.893 bits per heavy atom. The van der Waals surface area contributed by atoms with E-state index >= 15 is 0 Å². The van der Waals surface area contributed by atoms with E-state index in [0.29, 0.717) is 11.3 Å². The fraction of sp³-hybridized carbons (Fsp3) is 0.929. The summed E-state index contributed by atoms with van der Waals surface area (Å²) in [6, 6.07) is 0. The molecule has 0 saturated heterocycles. The Hall–Kier alpha value is -0.780. The summed E-state index contributed by atoms with van der Waals surface area (Å²) in [6.07, 6.45) is 27.2. The van der Waals surface area contributed by atoms with Crippen LogP contribution in [-0.2, 0) is 0 Å². The van der Waals surface area contributed by atoms with E-state index in [2.05, 4.69) is 262 Å². The zero-order valence-corrected chi connectivity index (χ0v) is 65.6. The molecule has 84 heavy (non-hydrogen) atoms. The molecule has 0 heteroatoms. The van der Waals surface area contributed by atoms with Crippen LogP contribution in [0.1, 0.15) is 358 Å². The molecular weight excluding hydrogens is 1010 g/mol. The SMILES string of the molecule is C/C=C(/CCC(C)C)C(C)C.C=C(C)C(CC)CCC(C)C.C=C(C)[C@H](C)CCC(C)C.CC(C)CC1C(C(C)C)[C@H]1C.CC(C)CCC1CC1(C)C.CC(C)C[C@@H](C)C1C[C@H]1C.CC(C)C[C@@H](C)[C@@H]1C[C@H]1C.CC[C@H](CCC(C)C)C(C)C. The van der Waals surface area contributed by atoms with Crippen molar-refractivity contribution in [3.05, 3.63) is 36.0 Å². The van der Waals surface area contributed by atoms with Gasteiger partial charge in [0.1, 0.15) is 0 Å². The lowest BCUT2D eigenvalue weighted by Crippen LogP contribution is -2.08. The Kier molecular flexibility index (Phi) is 52.3. The van der Waals surface area contributed by atoms with E-state index in [4.69, 9.17) is 0 Å². The van der Waals surface area contributed by atoms with Gasteiger partial charge < -0.3 is 0 Å². The maximum Gasteiger partial charge on any atom is -0.0211 e. The Morgan fingerprint density at radius 1 is 0.500 bits per heavy atom. The molecule has 4 saturated carbocycles. The lowest BCUT2D eigenvalue weighted by Gasteiger charge is -2.19. The molecule has 4 rings (SSSR count). The molecule has 13 atom stereocenters. The molecule has 0 heterocycles. The van der Waals surface area contributed by atoms with Crippen molar-refractivity contribution < 1.29 is 0 Å². The maximum absolute atomic E-state index is 4.00. The summed E-state index contributed by atoms with van der Waals surface area (Å²) in [6.45, 7) is 88.8. The molecule has 0 aromatic carbocycles. The Labute approximate surface area is 538 Å². The normalized spacial score (nSPS) is 23.5. The summed E-state index contributed by atoms with van der Waals surface area (Å²) in [5.74, 6) is 22.2. The van der Waals surface area contributed by atoms with Crippen molar-refractivity contribution in [2.45, 2.75) is 358 Å². The van der Waals surface area contributed by atoms with Crippen LogP contribution in [0.2, 0.25) is 0 Å². The van der Waals surface area contributed by atoms with Gasteiger partial charge in [0.25, 0.3) is 0 Å². The highest BCUT2D eigenvalue weighted by molar-refractivity contribution is 5.03. The highest BCUT2D eigenvalue weighted by atomic mass is 14.5. The predicted octanol–water partition coefficient (Wildman–Crippen LogP) is 29.5. The summed E-state index contributed by atoms with van der Waals surface area (Å²) < 4.78 is 0. The molecule has 0 aliphatic heterocycles. The lowest BCUT2D eigenvalue weighted by atomic mass is 9.87. The first kappa shape index (κ1) is 89.6. The van der Waals surface area contributed by atoms with Crippen LogP contribution in [-0.4, -0.2) is 0 Å². The van der Waals surface area contributed by atoms with Crippen molar-refractivity contribution in [2.75, 3.05) is 0 Å². The van der Waals surface area contributed by atoms with Crippen molar-refractivity contribution in [1.82, 2.24) is 0 Å². The Morgan fingerprint density at radius 3 is 1.14 bits per heavy atom. The van der Waals surface area contributed by atoms with Gasteiger partial charge in [-0.1, -0.05) is 290 Å². The van der Waals surface area contributed by atoms with Crippen LogP contribution in [0.25, 0.3) is 0 Å². The molecular formula is C84H170. The van der Waals surface area contributed by atoms with E-state index in [-0.39, 0.29) is 0 Å². The molecule has 4 aliphatic carbocycles. The minimum absolute atomic E-state index is 0.703. The summed E-state index contributed by atoms with van der Waals surface area (Å²) in [7, 11) is 0. The van der Waals surface area contributed by atoms with Crippen LogP contribution in [0.4, 0.5) is 0 Å². The highest BCUT2D eigenvalue weighted by Crippen LogP contribution is 2.55. The van der Waals surface area contributed by atoms with E-state index in [0.717, 1.165) is 136 Å². The van der Waals surface area contributed by atoms with Crippen molar-refractivity contribution in [2.24, 2.45) is 147 Å². The molecule has 0 N–H and O–H groups in total. The standard InChI is InChI=1S/C11H22.C11H24.2C11H22.4C10H20/c1-7(2)6-10-9(5)11(10)8(3)4;3*1-6-11(10(4)5)8-7-9(2)3;2*1-7(2)5-8(3)10-6-9(10)4;1-8(2)5-6-9-7-10(9,3)4;1-8(2)6-7-10(5)9(3)4/h7-11H,6H2,1-5H3;9-11H,6-8H2,1-5H3;6,9-10H,7-8H2,1-5H3;9,11H,4,6-8H2,1-3,5H3;2*7-10H,5-6H2,1-4H3;8-9H,5-7H2,1-4H3;8,10H,3,6-7H2,1-2,4-5H3/b;;11-6-;;;;;/t9-,10?,11?;11-;;;8-,9-,10?;8-,9-,10+;;10-/m01..11.1/s1. The number of rotatable bonds is 30. The minimum atomic E-state index is 0.703. The van der Waals surface area contributed by atoms with Crippen LogP contribution in [0.5, 0.6) is 0 Å². The third kappa shape index (κ3) is 51.0. The number of hydrogen-bond acceptors (Lipinski definition) is 0. The molecule has 0 amide bonds. The van der Waals surface area contributed by atoms with Crippen LogP contribution >= 0.6 is 0 Å². The van der Waals surface area contributed by atoms with Crippen molar-refractivity contribution in [1.29, 1.82) is 0 Å². The van der Waals surface area contributed by atoms with E-state index in [1.807, 2.05) is 0 Å². The third-order valence-electron chi connectivity index (χ3n) is 20.5. The van der Waals surface area contributed by atoms with Gasteiger partial charge in [0.05, 0.1) is 0 Å². The average molecular weight is 1180 g/mol. The molecule has 0 radical (unpaired) electrons. The van der Waals surface area contributed by atoms with Gasteiger partial charge in [-0.2, -0.15) is 0 Å². The zero-order chi connectivity index (χ0) is 66.5. The monoisotopic (exact) mass is 1180 g/mol. The van der Waals surface area contributed by atoms with E-state index in [9.17, 15) is 0 Å². The van der Waals surface area contributed by atoms with E-state index in [1.54, 1.807) is 5.57 Å². The molecule has 5 unspecified atom stereocenters. The van der Waals surface area contributed by atoms with Crippen LogP contribution in [0.3, 0.4) is 0 Å². The van der Waals surface area contributed by atoms with Crippen molar-refractivity contribution in [3.8, 4) is 0 Å².